The van der Waals surface area contributed by atoms with Gasteiger partial charge < -0.3 is 5.11 Å². The van der Waals surface area contributed by atoms with E-state index in [0.29, 0.717) is 0 Å². The van der Waals surface area contributed by atoms with E-state index < -0.39 is 6.10 Å². The molecule has 0 aromatic heterocycles. The van der Waals surface area contributed by atoms with Gasteiger partial charge in [0.15, 0.2) is 0 Å². The number of aliphatic hydroxyl groups excluding tert-OH is 1. The maximum absolute atomic E-state index is 9.93. The molecule has 1 aliphatic carbocycles. The summed E-state index contributed by atoms with van der Waals surface area (Å²) in [6.07, 6.45) is 3.99. The second-order valence-electron chi connectivity index (χ2n) is 2.22. The van der Waals surface area contributed by atoms with Gasteiger partial charge in [0.2, 0.25) is 6.29 Å². The molecule has 1 fully saturated rings. The van der Waals surface area contributed by atoms with Gasteiger partial charge >= 0.3 is 0 Å². The molecule has 2 heteroatoms. The fourth-order valence-corrected chi connectivity index (χ4v) is 1.08. The molecule has 45 valence electrons. The summed E-state index contributed by atoms with van der Waals surface area (Å²) in [5.41, 5.74) is 0. The van der Waals surface area contributed by atoms with Gasteiger partial charge in [-0.25, -0.2) is 0 Å². The number of hydrogen-bond acceptors (Lipinski definition) is 2. The van der Waals surface area contributed by atoms with E-state index >= 15 is 0 Å². The maximum atomic E-state index is 9.93. The molecule has 0 aromatic carbocycles. The highest BCUT2D eigenvalue weighted by Gasteiger charge is 2.24. The van der Waals surface area contributed by atoms with Crippen LogP contribution in [-0.4, -0.2) is 17.5 Å². The molecular weight excluding hydrogens is 104 g/mol. The first-order valence-electron chi connectivity index (χ1n) is 2.90. The van der Waals surface area contributed by atoms with Crippen LogP contribution in [0.25, 0.3) is 0 Å². The first-order valence-corrected chi connectivity index (χ1v) is 2.90. The first-order chi connectivity index (χ1) is 3.84. The van der Waals surface area contributed by atoms with Crippen molar-refractivity contribution in [3.63, 3.8) is 0 Å². The van der Waals surface area contributed by atoms with Crippen LogP contribution in [0, 0.1) is 5.92 Å². The molecule has 8 heavy (non-hydrogen) atoms. The zero-order chi connectivity index (χ0) is 5.98. The van der Waals surface area contributed by atoms with E-state index in [9.17, 15) is 4.79 Å². The predicted octanol–water partition coefficient (Wildman–Crippen LogP) is 0.257. The van der Waals surface area contributed by atoms with Gasteiger partial charge in [-0.2, -0.15) is 0 Å². The third-order valence-electron chi connectivity index (χ3n) is 1.63. The second kappa shape index (κ2) is 2.27. The molecule has 1 aliphatic rings. The topological polar surface area (TPSA) is 37.3 Å². The van der Waals surface area contributed by atoms with Crippen molar-refractivity contribution in [2.75, 3.05) is 0 Å². The quantitative estimate of drug-likeness (QED) is 0.529. The number of carbonyl (C=O) groups excluding carboxylic acids is 1. The molecule has 0 saturated heterocycles. The van der Waals surface area contributed by atoms with Crippen LogP contribution in [0.15, 0.2) is 0 Å². The predicted molar refractivity (Wildman–Crippen MR) is 29.0 cm³/mol. The van der Waals surface area contributed by atoms with Crippen molar-refractivity contribution in [3.05, 3.63) is 0 Å². The second-order valence-corrected chi connectivity index (χ2v) is 2.22. The molecular formula is C6H9O2. The lowest BCUT2D eigenvalue weighted by Crippen LogP contribution is -2.13. The molecule has 0 aromatic rings. The number of hydrogen-bond donors (Lipinski definition) is 1. The average molecular weight is 113 g/mol. The maximum Gasteiger partial charge on any atom is 0.204 e. The lowest BCUT2D eigenvalue weighted by atomic mass is 10.1. The van der Waals surface area contributed by atoms with Crippen LogP contribution in [0.1, 0.15) is 19.3 Å². The van der Waals surface area contributed by atoms with E-state index in [1.165, 1.54) is 0 Å². The Bertz CT molecular complexity index is 90.5. The van der Waals surface area contributed by atoms with Gasteiger partial charge in [0, 0.05) is 0 Å². The van der Waals surface area contributed by atoms with Crippen LogP contribution >= 0.6 is 0 Å². The van der Waals surface area contributed by atoms with E-state index in [1.807, 2.05) is 6.29 Å². The van der Waals surface area contributed by atoms with Crippen LogP contribution < -0.4 is 0 Å². The lowest BCUT2D eigenvalue weighted by Gasteiger charge is -2.01. The normalized spacial score (nSPS) is 37.6. The molecule has 2 unspecified atom stereocenters. The Balaban J connectivity index is 2.41. The van der Waals surface area contributed by atoms with Crippen molar-refractivity contribution < 1.29 is 9.90 Å². The molecule has 0 amide bonds. The Kier molecular flexibility index (Phi) is 1.63. The summed E-state index contributed by atoms with van der Waals surface area (Å²) >= 11 is 0. The molecule has 0 heterocycles. The third kappa shape index (κ3) is 0.892. The van der Waals surface area contributed by atoms with Crippen LogP contribution in [0.5, 0.6) is 0 Å². The van der Waals surface area contributed by atoms with Crippen molar-refractivity contribution >= 4 is 6.29 Å². The summed E-state index contributed by atoms with van der Waals surface area (Å²) in [6.45, 7) is 0. The number of rotatable bonds is 1. The van der Waals surface area contributed by atoms with Gasteiger partial charge in [0.05, 0.1) is 12.0 Å². The summed E-state index contributed by atoms with van der Waals surface area (Å²) in [5.74, 6) is -0.185. The summed E-state index contributed by atoms with van der Waals surface area (Å²) < 4.78 is 0. The highest BCUT2D eigenvalue weighted by Crippen LogP contribution is 2.22. The average Bonchev–Trinajstić information content (AvgIpc) is 2.14. The van der Waals surface area contributed by atoms with Crippen molar-refractivity contribution in [1.29, 1.82) is 0 Å². The Labute approximate surface area is 48.5 Å². The van der Waals surface area contributed by atoms with Crippen molar-refractivity contribution in [1.82, 2.24) is 0 Å². The van der Waals surface area contributed by atoms with Gasteiger partial charge in [0.25, 0.3) is 0 Å². The van der Waals surface area contributed by atoms with Gasteiger partial charge in [-0.1, -0.05) is 6.42 Å². The smallest absolute Gasteiger partial charge is 0.204 e. The molecule has 2 nitrogen and oxygen atoms in total. The van der Waals surface area contributed by atoms with Gasteiger partial charge in [-0.05, 0) is 12.8 Å². The van der Waals surface area contributed by atoms with Gasteiger partial charge in [-0.15, -0.1) is 0 Å². The Morgan fingerprint density at radius 1 is 1.50 bits per heavy atom. The highest BCUT2D eigenvalue weighted by molar-refractivity contribution is 5.55. The zero-order valence-electron chi connectivity index (χ0n) is 4.63. The fourth-order valence-electron chi connectivity index (χ4n) is 1.08. The molecule has 0 aliphatic heterocycles. The molecule has 1 saturated carbocycles. The van der Waals surface area contributed by atoms with E-state index in [1.54, 1.807) is 0 Å². The third-order valence-corrected chi connectivity index (χ3v) is 1.63. The van der Waals surface area contributed by atoms with Crippen LogP contribution in [0.2, 0.25) is 0 Å². The Morgan fingerprint density at radius 3 is 2.50 bits per heavy atom. The van der Waals surface area contributed by atoms with Crippen LogP contribution in [0.3, 0.4) is 0 Å². The standard InChI is InChI=1S/C6H9O2/c7-4-5-2-1-3-6(5)8/h5-6,8H,1-3H2. The van der Waals surface area contributed by atoms with E-state index in [2.05, 4.69) is 0 Å². The molecule has 1 rings (SSSR count). The summed E-state index contributed by atoms with van der Waals surface area (Å²) in [7, 11) is 0. The van der Waals surface area contributed by atoms with Crippen molar-refractivity contribution in [3.8, 4) is 0 Å². The summed E-state index contributed by atoms with van der Waals surface area (Å²) in [6, 6.07) is 0. The van der Waals surface area contributed by atoms with Crippen LogP contribution in [-0.2, 0) is 4.79 Å². The molecule has 0 spiro atoms. The van der Waals surface area contributed by atoms with E-state index in [0.717, 1.165) is 19.3 Å². The minimum Gasteiger partial charge on any atom is -0.392 e. The highest BCUT2D eigenvalue weighted by atomic mass is 16.3. The molecule has 0 bridgehead atoms. The monoisotopic (exact) mass is 113 g/mol. The largest absolute Gasteiger partial charge is 0.392 e. The van der Waals surface area contributed by atoms with Crippen molar-refractivity contribution in [2.45, 2.75) is 25.4 Å². The van der Waals surface area contributed by atoms with E-state index in [-0.39, 0.29) is 5.92 Å². The van der Waals surface area contributed by atoms with Crippen molar-refractivity contribution in [2.24, 2.45) is 5.92 Å². The van der Waals surface area contributed by atoms with Gasteiger partial charge in [-0.3, -0.25) is 4.79 Å². The van der Waals surface area contributed by atoms with Crippen LogP contribution in [0.4, 0.5) is 0 Å². The summed E-state index contributed by atoms with van der Waals surface area (Å²) in [4.78, 5) is 9.93. The minimum absolute atomic E-state index is 0.185. The zero-order valence-corrected chi connectivity index (χ0v) is 4.63. The first kappa shape index (κ1) is 5.76. The van der Waals surface area contributed by atoms with E-state index in [4.69, 9.17) is 5.11 Å². The fraction of sp³-hybridized carbons (Fsp3) is 0.833. The SMILES string of the molecule is O=[C]C1CCCC1O. The Hall–Kier alpha value is -0.370. The molecule has 2 atom stereocenters. The lowest BCUT2D eigenvalue weighted by molar-refractivity contribution is 0.158. The molecule has 1 radical (unpaired) electrons. The molecule has 1 N–H and O–H groups in total. The Morgan fingerprint density at radius 2 is 2.25 bits per heavy atom. The minimum atomic E-state index is -0.396. The number of aliphatic hydroxyl groups is 1. The van der Waals surface area contributed by atoms with Gasteiger partial charge in [0.1, 0.15) is 0 Å². The summed E-state index contributed by atoms with van der Waals surface area (Å²) in [5, 5.41) is 8.93.